The average molecular weight is 374 g/mol. The Morgan fingerprint density at radius 2 is 1.73 bits per heavy atom. The SMILES string of the molecule is CS(=O)(=O)c1ccc(OCCCn2ccc(-c3ccc(F)cc3)n2)cc1. The van der Waals surface area contributed by atoms with Gasteiger partial charge in [0.2, 0.25) is 0 Å². The Balaban J connectivity index is 1.49. The molecule has 0 unspecified atom stereocenters. The van der Waals surface area contributed by atoms with Gasteiger partial charge in [0.25, 0.3) is 0 Å². The van der Waals surface area contributed by atoms with Gasteiger partial charge in [-0.15, -0.1) is 0 Å². The highest BCUT2D eigenvalue weighted by Crippen LogP contribution is 2.18. The van der Waals surface area contributed by atoms with Gasteiger partial charge in [-0.05, 0) is 54.6 Å². The van der Waals surface area contributed by atoms with E-state index < -0.39 is 9.84 Å². The summed E-state index contributed by atoms with van der Waals surface area (Å²) in [7, 11) is -3.19. The fourth-order valence-corrected chi connectivity index (χ4v) is 3.09. The molecule has 2 aromatic carbocycles. The van der Waals surface area contributed by atoms with Crippen molar-refractivity contribution in [3.63, 3.8) is 0 Å². The Morgan fingerprint density at radius 1 is 1.04 bits per heavy atom. The number of aryl methyl sites for hydroxylation is 1. The molecule has 3 aromatic rings. The van der Waals surface area contributed by atoms with E-state index in [-0.39, 0.29) is 10.7 Å². The summed E-state index contributed by atoms with van der Waals surface area (Å²) in [6.07, 6.45) is 3.80. The molecule has 0 atom stereocenters. The van der Waals surface area contributed by atoms with Crippen LogP contribution in [-0.4, -0.2) is 31.1 Å². The van der Waals surface area contributed by atoms with Crippen LogP contribution in [0.5, 0.6) is 5.75 Å². The number of rotatable bonds is 7. The maximum Gasteiger partial charge on any atom is 0.175 e. The summed E-state index contributed by atoms with van der Waals surface area (Å²) in [4.78, 5) is 0.273. The van der Waals surface area contributed by atoms with Gasteiger partial charge in [-0.25, -0.2) is 12.8 Å². The lowest BCUT2D eigenvalue weighted by Crippen LogP contribution is -2.05. The topological polar surface area (TPSA) is 61.2 Å². The van der Waals surface area contributed by atoms with Crippen LogP contribution in [0.15, 0.2) is 65.7 Å². The molecule has 1 aromatic heterocycles. The second-order valence-electron chi connectivity index (χ2n) is 5.92. The van der Waals surface area contributed by atoms with Gasteiger partial charge in [0, 0.05) is 31.0 Å². The standard InChI is InChI=1S/C19H19FN2O3S/c1-26(23,24)18-9-7-17(8-10-18)25-14-2-12-22-13-11-19(21-22)15-3-5-16(20)6-4-15/h3-11,13H,2,12,14H2,1H3. The van der Waals surface area contributed by atoms with E-state index in [4.69, 9.17) is 4.74 Å². The Bertz CT molecular complexity index is 965. The van der Waals surface area contributed by atoms with Crippen molar-refractivity contribution in [2.45, 2.75) is 17.9 Å². The minimum absolute atomic E-state index is 0.269. The summed E-state index contributed by atoms with van der Waals surface area (Å²) in [6, 6.07) is 14.5. The first-order valence-corrected chi connectivity index (χ1v) is 10.0. The van der Waals surface area contributed by atoms with Gasteiger partial charge < -0.3 is 4.74 Å². The van der Waals surface area contributed by atoms with Crippen molar-refractivity contribution in [2.24, 2.45) is 0 Å². The highest BCUT2D eigenvalue weighted by Gasteiger charge is 2.06. The fraction of sp³-hybridized carbons (Fsp3) is 0.211. The van der Waals surface area contributed by atoms with Gasteiger partial charge in [0.15, 0.2) is 9.84 Å². The van der Waals surface area contributed by atoms with Crippen LogP contribution in [-0.2, 0) is 16.4 Å². The normalized spacial score (nSPS) is 11.5. The molecule has 3 rings (SSSR count). The third-order valence-electron chi connectivity index (χ3n) is 3.83. The highest BCUT2D eigenvalue weighted by molar-refractivity contribution is 7.90. The van der Waals surface area contributed by atoms with Gasteiger partial charge in [-0.2, -0.15) is 5.10 Å². The quantitative estimate of drug-likeness (QED) is 0.593. The summed E-state index contributed by atoms with van der Waals surface area (Å²) in [5.41, 5.74) is 1.66. The molecule has 26 heavy (non-hydrogen) atoms. The molecule has 0 bridgehead atoms. The molecule has 0 N–H and O–H groups in total. The van der Waals surface area contributed by atoms with Crippen LogP contribution in [0.3, 0.4) is 0 Å². The van der Waals surface area contributed by atoms with Crippen molar-refractivity contribution in [3.05, 3.63) is 66.6 Å². The third-order valence-corrected chi connectivity index (χ3v) is 4.96. The molecular weight excluding hydrogens is 355 g/mol. The molecule has 1 heterocycles. The maximum atomic E-state index is 13.0. The van der Waals surface area contributed by atoms with Gasteiger partial charge in [-0.1, -0.05) is 0 Å². The number of sulfone groups is 1. The molecule has 0 radical (unpaired) electrons. The van der Waals surface area contributed by atoms with Crippen molar-refractivity contribution in [2.75, 3.05) is 12.9 Å². The van der Waals surface area contributed by atoms with Crippen LogP contribution < -0.4 is 4.74 Å². The fourth-order valence-electron chi connectivity index (χ4n) is 2.46. The number of ether oxygens (including phenoxy) is 1. The molecule has 0 saturated carbocycles. The molecular formula is C19H19FN2O3S. The number of benzene rings is 2. The summed E-state index contributed by atoms with van der Waals surface area (Å²) < 4.78 is 43.2. The minimum Gasteiger partial charge on any atom is -0.494 e. The Morgan fingerprint density at radius 3 is 2.38 bits per heavy atom. The Labute approximate surface area is 152 Å². The second kappa shape index (κ2) is 7.70. The Hall–Kier alpha value is -2.67. The number of aromatic nitrogens is 2. The molecule has 0 aliphatic heterocycles. The number of halogens is 1. The molecule has 0 spiro atoms. The van der Waals surface area contributed by atoms with Crippen LogP contribution >= 0.6 is 0 Å². The predicted octanol–water partition coefficient (Wildman–Crippen LogP) is 3.56. The smallest absolute Gasteiger partial charge is 0.175 e. The van der Waals surface area contributed by atoms with Crippen LogP contribution in [0.4, 0.5) is 4.39 Å². The number of hydrogen-bond acceptors (Lipinski definition) is 4. The van der Waals surface area contributed by atoms with Crippen LogP contribution in [0.1, 0.15) is 6.42 Å². The maximum absolute atomic E-state index is 13.0. The average Bonchev–Trinajstić information content (AvgIpc) is 3.08. The van der Waals surface area contributed by atoms with Gasteiger partial charge in [-0.3, -0.25) is 4.68 Å². The lowest BCUT2D eigenvalue weighted by atomic mass is 10.1. The molecule has 0 aliphatic carbocycles. The van der Waals surface area contributed by atoms with E-state index in [1.54, 1.807) is 24.3 Å². The molecule has 136 valence electrons. The first-order chi connectivity index (χ1) is 12.4. The Kier molecular flexibility index (Phi) is 5.37. The van der Waals surface area contributed by atoms with Crippen molar-refractivity contribution >= 4 is 9.84 Å². The van der Waals surface area contributed by atoms with E-state index >= 15 is 0 Å². The van der Waals surface area contributed by atoms with Gasteiger partial charge in [0.05, 0.1) is 17.2 Å². The summed E-state index contributed by atoms with van der Waals surface area (Å²) in [5.74, 6) is 0.361. The molecule has 0 saturated heterocycles. The van der Waals surface area contributed by atoms with E-state index in [1.165, 1.54) is 30.5 Å². The molecule has 5 nitrogen and oxygen atoms in total. The van der Waals surface area contributed by atoms with Crippen molar-refractivity contribution < 1.29 is 17.5 Å². The summed E-state index contributed by atoms with van der Waals surface area (Å²) in [5, 5.41) is 4.47. The molecule has 0 fully saturated rings. The molecule has 0 amide bonds. The van der Waals surface area contributed by atoms with E-state index in [9.17, 15) is 12.8 Å². The summed E-state index contributed by atoms with van der Waals surface area (Å²) >= 11 is 0. The first-order valence-electron chi connectivity index (χ1n) is 8.14. The van der Waals surface area contributed by atoms with E-state index in [2.05, 4.69) is 5.10 Å². The predicted molar refractivity (Wildman–Crippen MR) is 97.3 cm³/mol. The monoisotopic (exact) mass is 374 g/mol. The first kappa shape index (κ1) is 18.1. The van der Waals surface area contributed by atoms with Crippen LogP contribution in [0.2, 0.25) is 0 Å². The van der Waals surface area contributed by atoms with Crippen molar-refractivity contribution in [3.8, 4) is 17.0 Å². The zero-order valence-electron chi connectivity index (χ0n) is 14.3. The van der Waals surface area contributed by atoms with E-state index in [1.807, 2.05) is 16.9 Å². The van der Waals surface area contributed by atoms with Crippen molar-refractivity contribution in [1.82, 2.24) is 9.78 Å². The zero-order chi connectivity index (χ0) is 18.6. The van der Waals surface area contributed by atoms with Crippen LogP contribution in [0, 0.1) is 5.82 Å². The van der Waals surface area contributed by atoms with E-state index in [0.29, 0.717) is 18.9 Å². The number of hydrogen-bond donors (Lipinski definition) is 0. The van der Waals surface area contributed by atoms with Crippen LogP contribution in [0.25, 0.3) is 11.3 Å². The highest BCUT2D eigenvalue weighted by atomic mass is 32.2. The zero-order valence-corrected chi connectivity index (χ0v) is 15.1. The second-order valence-corrected chi connectivity index (χ2v) is 7.93. The number of nitrogens with zero attached hydrogens (tertiary/aromatic N) is 2. The van der Waals surface area contributed by atoms with Gasteiger partial charge >= 0.3 is 0 Å². The van der Waals surface area contributed by atoms with E-state index in [0.717, 1.165) is 17.7 Å². The largest absolute Gasteiger partial charge is 0.494 e. The lowest BCUT2D eigenvalue weighted by molar-refractivity contribution is 0.298. The molecule has 0 aliphatic rings. The minimum atomic E-state index is -3.19. The van der Waals surface area contributed by atoms with Gasteiger partial charge in [0.1, 0.15) is 11.6 Å². The lowest BCUT2D eigenvalue weighted by Gasteiger charge is -2.07. The summed E-state index contributed by atoms with van der Waals surface area (Å²) in [6.45, 7) is 1.17. The third kappa shape index (κ3) is 4.70. The van der Waals surface area contributed by atoms with Crippen molar-refractivity contribution in [1.29, 1.82) is 0 Å². The molecule has 7 heteroatoms.